The lowest BCUT2D eigenvalue weighted by Gasteiger charge is -2.17. The summed E-state index contributed by atoms with van der Waals surface area (Å²) in [4.78, 5) is 48.2. The molecule has 0 aromatic heterocycles. The minimum Gasteiger partial charge on any atom is -0.461 e. The molecule has 0 radical (unpaired) electrons. The monoisotopic (exact) mass is 525 g/mol. The van der Waals surface area contributed by atoms with Gasteiger partial charge in [-0.1, -0.05) is 26.3 Å². The van der Waals surface area contributed by atoms with E-state index in [-0.39, 0.29) is 42.8 Å². The largest absolute Gasteiger partial charge is 0.514 e. The molecule has 0 amide bonds. The molecule has 1 rings (SSSR count). The van der Waals surface area contributed by atoms with Crippen molar-refractivity contribution >= 4 is 24.2 Å². The Labute approximate surface area is 217 Å². The number of rotatable bonds is 13. The molecular weight excluding hydrogens is 486 g/mol. The van der Waals surface area contributed by atoms with Crippen molar-refractivity contribution in [1.82, 2.24) is 0 Å². The summed E-state index contributed by atoms with van der Waals surface area (Å²) in [6.45, 7) is 12.0. The highest BCUT2D eigenvalue weighted by Gasteiger charge is 2.22. The number of ether oxygens (including phenoxy) is 6. The first kappa shape index (κ1) is 31.7. The van der Waals surface area contributed by atoms with Crippen molar-refractivity contribution in [2.75, 3.05) is 6.61 Å². The van der Waals surface area contributed by atoms with E-state index in [0.717, 1.165) is 6.42 Å². The maximum absolute atomic E-state index is 12.4. The molecule has 0 aliphatic carbocycles. The van der Waals surface area contributed by atoms with Crippen molar-refractivity contribution in [3.05, 3.63) is 23.8 Å². The van der Waals surface area contributed by atoms with Gasteiger partial charge in [-0.05, 0) is 64.7 Å². The number of hydrogen-bond acceptors (Lipinski definition) is 11. The summed E-state index contributed by atoms with van der Waals surface area (Å²) in [6.07, 6.45) is -2.30. The van der Waals surface area contributed by atoms with Crippen LogP contribution in [0.25, 0.3) is 0 Å². The zero-order valence-corrected chi connectivity index (χ0v) is 22.6. The third kappa shape index (κ3) is 13.0. The number of esters is 2. The maximum atomic E-state index is 12.4. The minimum atomic E-state index is -1.06. The second kappa shape index (κ2) is 15.7. The van der Waals surface area contributed by atoms with Gasteiger partial charge in [-0.25, -0.2) is 9.59 Å². The predicted molar refractivity (Wildman–Crippen MR) is 133 cm³/mol. The SMILES string of the molecule is CCC(C)CC(=O)O[C@@H](C)COC(=O)[C@@H](N)Cc1ccc(OC(=O)OC(C)C)c(OC(=O)OC(C)C)c1. The van der Waals surface area contributed by atoms with Gasteiger partial charge in [0, 0.05) is 6.42 Å². The van der Waals surface area contributed by atoms with Crippen LogP contribution in [-0.2, 0) is 35.0 Å². The zero-order valence-electron chi connectivity index (χ0n) is 22.6. The van der Waals surface area contributed by atoms with E-state index in [9.17, 15) is 19.2 Å². The molecule has 0 bridgehead atoms. The fraction of sp³-hybridized carbons (Fsp3) is 0.615. The summed E-state index contributed by atoms with van der Waals surface area (Å²) in [5, 5.41) is 0. The average molecular weight is 526 g/mol. The minimum absolute atomic E-state index is 0.0212. The fourth-order valence-corrected chi connectivity index (χ4v) is 2.84. The molecule has 0 fully saturated rings. The first-order valence-corrected chi connectivity index (χ1v) is 12.3. The number of hydrogen-bond donors (Lipinski definition) is 1. The molecule has 1 aromatic rings. The van der Waals surface area contributed by atoms with Crippen LogP contribution in [-0.4, -0.2) is 55.2 Å². The lowest BCUT2D eigenvalue weighted by molar-refractivity contribution is -0.159. The zero-order chi connectivity index (χ0) is 28.1. The molecule has 1 aromatic carbocycles. The standard InChI is InChI=1S/C26H39NO10/c1-8-17(6)11-23(28)35-18(7)14-32-24(29)20(27)12-19-9-10-21(36-25(30)33-15(2)3)22(13-19)37-26(31)34-16(4)5/h9-10,13,15-18,20H,8,11-12,14,27H2,1-7H3/t17?,18-,20-/m0/s1. The smallest absolute Gasteiger partial charge is 0.461 e. The topological polar surface area (TPSA) is 150 Å². The van der Waals surface area contributed by atoms with Crippen LogP contribution in [0.1, 0.15) is 66.9 Å². The summed E-state index contributed by atoms with van der Waals surface area (Å²) in [5.41, 5.74) is 6.49. The van der Waals surface area contributed by atoms with Crippen LogP contribution in [0.15, 0.2) is 18.2 Å². The van der Waals surface area contributed by atoms with Crippen molar-refractivity contribution in [3.63, 3.8) is 0 Å². The second-order valence-corrected chi connectivity index (χ2v) is 9.28. The van der Waals surface area contributed by atoms with E-state index < -0.39 is 42.6 Å². The van der Waals surface area contributed by atoms with Crippen molar-refractivity contribution in [2.45, 2.75) is 92.1 Å². The first-order valence-electron chi connectivity index (χ1n) is 12.3. The van der Waals surface area contributed by atoms with Gasteiger partial charge >= 0.3 is 24.2 Å². The van der Waals surface area contributed by atoms with Gasteiger partial charge in [0.1, 0.15) is 18.8 Å². The molecule has 3 atom stereocenters. The predicted octanol–water partition coefficient (Wildman–Crippen LogP) is 4.32. The quantitative estimate of drug-likeness (QED) is 0.223. The van der Waals surface area contributed by atoms with E-state index in [2.05, 4.69) is 0 Å². The average Bonchev–Trinajstić information content (AvgIpc) is 2.77. The Morgan fingerprint density at radius 3 is 1.95 bits per heavy atom. The van der Waals surface area contributed by atoms with Gasteiger partial charge in [-0.2, -0.15) is 0 Å². The highest BCUT2D eigenvalue weighted by atomic mass is 16.7. The van der Waals surface area contributed by atoms with Crippen LogP contribution >= 0.6 is 0 Å². The summed E-state index contributed by atoms with van der Waals surface area (Å²) < 4.78 is 30.7. The van der Waals surface area contributed by atoms with E-state index in [1.165, 1.54) is 12.1 Å². The van der Waals surface area contributed by atoms with E-state index in [1.807, 2.05) is 13.8 Å². The molecule has 0 saturated carbocycles. The summed E-state index contributed by atoms with van der Waals surface area (Å²) in [6, 6.07) is 3.26. The normalized spacial score (nSPS) is 13.4. The van der Waals surface area contributed by atoms with Crippen molar-refractivity contribution in [3.8, 4) is 11.5 Å². The van der Waals surface area contributed by atoms with Gasteiger partial charge in [0.2, 0.25) is 0 Å². The Morgan fingerprint density at radius 1 is 0.838 bits per heavy atom. The Balaban J connectivity index is 2.82. The third-order valence-corrected chi connectivity index (χ3v) is 4.82. The number of nitrogens with two attached hydrogens (primary N) is 1. The summed E-state index contributed by atoms with van der Waals surface area (Å²) in [7, 11) is 0. The molecule has 2 N–H and O–H groups in total. The van der Waals surface area contributed by atoms with Crippen LogP contribution < -0.4 is 15.2 Å². The molecule has 11 heteroatoms. The Bertz CT molecular complexity index is 915. The number of carbonyl (C=O) groups is 4. The van der Waals surface area contributed by atoms with E-state index >= 15 is 0 Å². The number of carbonyl (C=O) groups excluding carboxylic acids is 4. The summed E-state index contributed by atoms with van der Waals surface area (Å²) in [5.74, 6) is -1.06. The molecule has 11 nitrogen and oxygen atoms in total. The Morgan fingerprint density at radius 2 is 1.41 bits per heavy atom. The molecule has 0 saturated heterocycles. The van der Waals surface area contributed by atoms with Gasteiger partial charge in [0.25, 0.3) is 0 Å². The third-order valence-electron chi connectivity index (χ3n) is 4.82. The van der Waals surface area contributed by atoms with Gasteiger partial charge < -0.3 is 34.2 Å². The molecule has 0 spiro atoms. The van der Waals surface area contributed by atoms with Crippen LogP contribution in [0.3, 0.4) is 0 Å². The molecule has 1 unspecified atom stereocenters. The van der Waals surface area contributed by atoms with E-state index in [1.54, 1.807) is 40.7 Å². The van der Waals surface area contributed by atoms with Gasteiger partial charge in [0.15, 0.2) is 11.5 Å². The first-order chi connectivity index (χ1) is 17.3. The van der Waals surface area contributed by atoms with Crippen molar-refractivity contribution in [1.29, 1.82) is 0 Å². The molecule has 37 heavy (non-hydrogen) atoms. The van der Waals surface area contributed by atoms with Crippen LogP contribution in [0.2, 0.25) is 0 Å². The van der Waals surface area contributed by atoms with Gasteiger partial charge in [-0.3, -0.25) is 9.59 Å². The molecule has 0 aliphatic heterocycles. The molecular formula is C26H39NO10. The number of benzene rings is 1. The van der Waals surface area contributed by atoms with E-state index in [0.29, 0.717) is 5.56 Å². The molecule has 0 heterocycles. The van der Waals surface area contributed by atoms with Crippen molar-refractivity contribution in [2.24, 2.45) is 11.7 Å². The summed E-state index contributed by atoms with van der Waals surface area (Å²) >= 11 is 0. The van der Waals surface area contributed by atoms with E-state index in [4.69, 9.17) is 34.2 Å². The Kier molecular flexibility index (Phi) is 13.4. The van der Waals surface area contributed by atoms with Gasteiger partial charge in [0.05, 0.1) is 12.2 Å². The molecule has 0 aliphatic rings. The van der Waals surface area contributed by atoms with Crippen LogP contribution in [0, 0.1) is 5.92 Å². The highest BCUT2D eigenvalue weighted by molar-refractivity contribution is 5.76. The highest BCUT2D eigenvalue weighted by Crippen LogP contribution is 2.30. The van der Waals surface area contributed by atoms with Crippen LogP contribution in [0.5, 0.6) is 11.5 Å². The lowest BCUT2D eigenvalue weighted by atomic mass is 10.1. The second-order valence-electron chi connectivity index (χ2n) is 9.28. The van der Waals surface area contributed by atoms with Crippen LogP contribution in [0.4, 0.5) is 9.59 Å². The lowest BCUT2D eigenvalue weighted by Crippen LogP contribution is -2.36. The fourth-order valence-electron chi connectivity index (χ4n) is 2.84. The maximum Gasteiger partial charge on any atom is 0.514 e. The Hall–Kier alpha value is -3.34. The van der Waals surface area contributed by atoms with Crippen molar-refractivity contribution < 1.29 is 47.6 Å². The van der Waals surface area contributed by atoms with Gasteiger partial charge in [-0.15, -0.1) is 0 Å². The molecule has 208 valence electrons.